The summed E-state index contributed by atoms with van der Waals surface area (Å²) in [7, 11) is 0. The molecule has 3 rings (SSSR count). The molecule has 7 heteroatoms. The van der Waals surface area contributed by atoms with Crippen LogP contribution in [0.1, 0.15) is 54.0 Å². The van der Waals surface area contributed by atoms with Crippen molar-refractivity contribution in [3.8, 4) is 0 Å². The standard InChI is InChI=1S/C19H28N4O3/c1-14-21-13-16(19(25)23-8-10-26-11-9-23)17(22-14)6-7-20-18(24)12-15-4-2-3-5-15/h13,15H,2-12H2,1H3,(H,20,24). The van der Waals surface area contributed by atoms with Crippen LogP contribution >= 0.6 is 0 Å². The van der Waals surface area contributed by atoms with E-state index in [1.807, 2.05) is 6.92 Å². The van der Waals surface area contributed by atoms with Crippen molar-refractivity contribution in [2.45, 2.75) is 45.4 Å². The third kappa shape index (κ3) is 5.00. The molecule has 0 atom stereocenters. The first-order valence-electron chi connectivity index (χ1n) is 9.59. The highest BCUT2D eigenvalue weighted by Gasteiger charge is 2.23. The molecule has 26 heavy (non-hydrogen) atoms. The molecule has 0 unspecified atom stereocenters. The van der Waals surface area contributed by atoms with Gasteiger partial charge in [-0.05, 0) is 25.7 Å². The fourth-order valence-electron chi connectivity index (χ4n) is 3.69. The highest BCUT2D eigenvalue weighted by atomic mass is 16.5. The van der Waals surface area contributed by atoms with E-state index in [1.165, 1.54) is 12.8 Å². The second-order valence-electron chi connectivity index (χ2n) is 7.14. The summed E-state index contributed by atoms with van der Waals surface area (Å²) in [5.74, 6) is 1.22. The fraction of sp³-hybridized carbons (Fsp3) is 0.684. The number of hydrogen-bond acceptors (Lipinski definition) is 5. The number of rotatable bonds is 6. The van der Waals surface area contributed by atoms with E-state index in [2.05, 4.69) is 15.3 Å². The molecule has 2 aliphatic rings. The van der Waals surface area contributed by atoms with Gasteiger partial charge in [-0.1, -0.05) is 12.8 Å². The average Bonchev–Trinajstić information content (AvgIpc) is 3.15. The number of carbonyl (C=O) groups excluding carboxylic acids is 2. The SMILES string of the molecule is Cc1ncc(C(=O)N2CCOCC2)c(CCNC(=O)CC2CCCC2)n1. The van der Waals surface area contributed by atoms with Crippen molar-refractivity contribution in [3.05, 3.63) is 23.3 Å². The molecule has 1 aliphatic heterocycles. The van der Waals surface area contributed by atoms with Crippen molar-refractivity contribution in [2.75, 3.05) is 32.8 Å². The first-order chi connectivity index (χ1) is 12.6. The van der Waals surface area contributed by atoms with Gasteiger partial charge in [-0.25, -0.2) is 9.97 Å². The Kier molecular flexibility index (Phi) is 6.55. The molecule has 1 N–H and O–H groups in total. The minimum Gasteiger partial charge on any atom is -0.378 e. The van der Waals surface area contributed by atoms with Crippen molar-refractivity contribution >= 4 is 11.8 Å². The summed E-state index contributed by atoms with van der Waals surface area (Å²) < 4.78 is 5.31. The Morgan fingerprint density at radius 1 is 1.27 bits per heavy atom. The van der Waals surface area contributed by atoms with E-state index in [0.717, 1.165) is 12.8 Å². The summed E-state index contributed by atoms with van der Waals surface area (Å²) in [6, 6.07) is 0. The highest BCUT2D eigenvalue weighted by Crippen LogP contribution is 2.27. The van der Waals surface area contributed by atoms with Crippen LogP contribution in [-0.4, -0.2) is 59.5 Å². The molecule has 142 valence electrons. The Hall–Kier alpha value is -2.02. The number of ether oxygens (including phenoxy) is 1. The molecule has 0 bridgehead atoms. The van der Waals surface area contributed by atoms with E-state index < -0.39 is 0 Å². The van der Waals surface area contributed by atoms with Gasteiger partial charge in [-0.15, -0.1) is 0 Å². The van der Waals surface area contributed by atoms with Crippen LogP contribution in [0.5, 0.6) is 0 Å². The van der Waals surface area contributed by atoms with Gasteiger partial charge in [-0.2, -0.15) is 0 Å². The predicted octanol–water partition coefficient (Wildman–Crippen LogP) is 1.50. The third-order valence-electron chi connectivity index (χ3n) is 5.15. The quantitative estimate of drug-likeness (QED) is 0.831. The molecule has 1 saturated heterocycles. The normalized spacial score (nSPS) is 18.1. The van der Waals surface area contributed by atoms with Crippen LogP contribution in [0, 0.1) is 12.8 Å². The Labute approximate surface area is 154 Å². The molecule has 0 spiro atoms. The molecule has 7 nitrogen and oxygen atoms in total. The topological polar surface area (TPSA) is 84.4 Å². The van der Waals surface area contributed by atoms with Crippen molar-refractivity contribution in [3.63, 3.8) is 0 Å². The van der Waals surface area contributed by atoms with Crippen LogP contribution in [0.25, 0.3) is 0 Å². The Bertz CT molecular complexity index is 638. The van der Waals surface area contributed by atoms with Gasteiger partial charge in [0.25, 0.3) is 5.91 Å². The maximum absolute atomic E-state index is 12.8. The lowest BCUT2D eigenvalue weighted by molar-refractivity contribution is -0.121. The molecule has 1 saturated carbocycles. The molecule has 1 aliphatic carbocycles. The van der Waals surface area contributed by atoms with Gasteiger partial charge >= 0.3 is 0 Å². The van der Waals surface area contributed by atoms with Crippen LogP contribution in [0.2, 0.25) is 0 Å². The lowest BCUT2D eigenvalue weighted by Gasteiger charge is -2.27. The lowest BCUT2D eigenvalue weighted by atomic mass is 10.0. The van der Waals surface area contributed by atoms with Gasteiger partial charge in [0.1, 0.15) is 5.82 Å². The number of nitrogens with one attached hydrogen (secondary N) is 1. The van der Waals surface area contributed by atoms with E-state index in [9.17, 15) is 9.59 Å². The molecule has 2 amide bonds. The number of aromatic nitrogens is 2. The summed E-state index contributed by atoms with van der Waals surface area (Å²) in [5.41, 5.74) is 1.23. The number of nitrogens with zero attached hydrogens (tertiary/aromatic N) is 3. The number of morpholine rings is 1. The number of carbonyl (C=O) groups is 2. The summed E-state index contributed by atoms with van der Waals surface area (Å²) >= 11 is 0. The second-order valence-corrected chi connectivity index (χ2v) is 7.14. The Morgan fingerprint density at radius 2 is 2.00 bits per heavy atom. The van der Waals surface area contributed by atoms with Gasteiger partial charge in [-0.3, -0.25) is 9.59 Å². The summed E-state index contributed by atoms with van der Waals surface area (Å²) in [5, 5.41) is 2.98. The zero-order chi connectivity index (χ0) is 18.4. The van der Waals surface area contributed by atoms with Crippen LogP contribution in [0.15, 0.2) is 6.20 Å². The Morgan fingerprint density at radius 3 is 2.73 bits per heavy atom. The fourth-order valence-corrected chi connectivity index (χ4v) is 3.69. The lowest BCUT2D eigenvalue weighted by Crippen LogP contribution is -2.41. The van der Waals surface area contributed by atoms with E-state index in [0.29, 0.717) is 68.7 Å². The van der Waals surface area contributed by atoms with Gasteiger partial charge < -0.3 is 15.0 Å². The zero-order valence-corrected chi connectivity index (χ0v) is 15.5. The zero-order valence-electron chi connectivity index (χ0n) is 15.5. The van der Waals surface area contributed by atoms with Crippen molar-refractivity contribution in [2.24, 2.45) is 5.92 Å². The van der Waals surface area contributed by atoms with Crippen LogP contribution in [0.3, 0.4) is 0 Å². The molecular formula is C19H28N4O3. The largest absolute Gasteiger partial charge is 0.378 e. The first-order valence-corrected chi connectivity index (χ1v) is 9.59. The average molecular weight is 360 g/mol. The van der Waals surface area contributed by atoms with Crippen LogP contribution in [0.4, 0.5) is 0 Å². The molecule has 2 fully saturated rings. The van der Waals surface area contributed by atoms with Gasteiger partial charge in [0, 0.05) is 38.7 Å². The number of aryl methyl sites for hydroxylation is 1. The molecule has 2 heterocycles. The van der Waals surface area contributed by atoms with E-state index in [4.69, 9.17) is 4.74 Å². The summed E-state index contributed by atoms with van der Waals surface area (Å²) in [6.45, 7) is 4.60. The van der Waals surface area contributed by atoms with E-state index >= 15 is 0 Å². The molecular weight excluding hydrogens is 332 g/mol. The molecule has 1 aromatic rings. The smallest absolute Gasteiger partial charge is 0.257 e. The minimum atomic E-state index is -0.0550. The van der Waals surface area contributed by atoms with Gasteiger partial charge in [0.2, 0.25) is 5.91 Å². The van der Waals surface area contributed by atoms with Gasteiger partial charge in [0.05, 0.1) is 24.5 Å². The first kappa shape index (κ1) is 18.8. The highest BCUT2D eigenvalue weighted by molar-refractivity contribution is 5.95. The van der Waals surface area contributed by atoms with Crippen LogP contribution in [-0.2, 0) is 16.0 Å². The maximum Gasteiger partial charge on any atom is 0.257 e. The molecule has 0 radical (unpaired) electrons. The van der Waals surface area contributed by atoms with Crippen molar-refractivity contribution in [1.82, 2.24) is 20.2 Å². The maximum atomic E-state index is 12.8. The van der Waals surface area contributed by atoms with E-state index in [1.54, 1.807) is 11.1 Å². The van der Waals surface area contributed by atoms with Crippen molar-refractivity contribution < 1.29 is 14.3 Å². The molecule has 0 aromatic carbocycles. The van der Waals surface area contributed by atoms with Crippen LogP contribution < -0.4 is 5.32 Å². The minimum absolute atomic E-state index is 0.0550. The third-order valence-corrected chi connectivity index (χ3v) is 5.15. The number of amides is 2. The van der Waals surface area contributed by atoms with E-state index in [-0.39, 0.29) is 11.8 Å². The number of hydrogen-bond donors (Lipinski definition) is 1. The predicted molar refractivity (Wildman–Crippen MR) is 96.8 cm³/mol. The van der Waals surface area contributed by atoms with Gasteiger partial charge in [0.15, 0.2) is 0 Å². The second kappa shape index (κ2) is 9.07. The monoisotopic (exact) mass is 360 g/mol. The summed E-state index contributed by atoms with van der Waals surface area (Å²) in [4.78, 5) is 35.3. The molecule has 1 aromatic heterocycles. The summed E-state index contributed by atoms with van der Waals surface area (Å²) in [6.07, 6.45) is 7.56. The Balaban J connectivity index is 1.56. The van der Waals surface area contributed by atoms with Crippen molar-refractivity contribution in [1.29, 1.82) is 0 Å².